The number of esters is 1. The molecule has 0 rings (SSSR count). The zero-order valence-electron chi connectivity index (χ0n) is 11.2. The number of unbranched alkanes of at least 4 members (excludes halogenated alkanes) is 1. The molecule has 0 radical (unpaired) electrons. The van der Waals surface area contributed by atoms with Crippen LogP contribution >= 0.6 is 22.6 Å². The maximum Gasteiger partial charge on any atom is 0.407 e. The zero-order valence-corrected chi connectivity index (χ0v) is 13.4. The minimum atomic E-state index is -0.386. The van der Waals surface area contributed by atoms with E-state index in [-0.39, 0.29) is 22.1 Å². The Bertz CT molecular complexity index is 258. The molecule has 6 heteroatoms. The Kier molecular flexibility index (Phi) is 10.1. The number of carbonyl (C=O) groups excluding carboxylic acids is 2. The minimum Gasteiger partial charge on any atom is -0.462 e. The van der Waals surface area contributed by atoms with Gasteiger partial charge in [0.15, 0.2) is 0 Å². The first-order valence-electron chi connectivity index (χ1n) is 6.22. The lowest BCUT2D eigenvalue weighted by Gasteiger charge is -2.12. The summed E-state index contributed by atoms with van der Waals surface area (Å²) in [5.41, 5.74) is 0. The van der Waals surface area contributed by atoms with Gasteiger partial charge in [0.05, 0.1) is 12.7 Å². The molecule has 0 aromatic carbocycles. The highest BCUT2D eigenvalue weighted by Gasteiger charge is 2.16. The summed E-state index contributed by atoms with van der Waals surface area (Å²) in [7, 11) is 0. The first kappa shape index (κ1) is 17.5. The van der Waals surface area contributed by atoms with Crippen molar-refractivity contribution in [3.8, 4) is 0 Å². The second-order valence-corrected chi connectivity index (χ2v) is 5.60. The molecule has 1 atom stereocenters. The second kappa shape index (κ2) is 10.4. The van der Waals surface area contributed by atoms with Crippen molar-refractivity contribution in [1.29, 1.82) is 0 Å². The number of alkyl halides is 1. The van der Waals surface area contributed by atoms with Crippen LogP contribution < -0.4 is 5.32 Å². The standard InChI is InChI=1S/C12H22INO4/c1-4-17-12(16)14-8-6-5-7-10(13)11(15)18-9(2)3/h9-10H,4-8H2,1-3H3,(H,14,16)/t10-/m0/s1. The van der Waals surface area contributed by atoms with Gasteiger partial charge in [-0.05, 0) is 33.6 Å². The van der Waals surface area contributed by atoms with E-state index < -0.39 is 0 Å². The Morgan fingerprint density at radius 2 is 1.94 bits per heavy atom. The fourth-order valence-electron chi connectivity index (χ4n) is 1.25. The number of carbonyl (C=O) groups is 2. The Morgan fingerprint density at radius 3 is 2.50 bits per heavy atom. The molecule has 0 heterocycles. The second-order valence-electron chi connectivity index (χ2n) is 4.10. The van der Waals surface area contributed by atoms with E-state index in [1.165, 1.54) is 0 Å². The van der Waals surface area contributed by atoms with Crippen molar-refractivity contribution in [2.75, 3.05) is 13.2 Å². The Balaban J connectivity index is 3.54. The lowest BCUT2D eigenvalue weighted by Crippen LogP contribution is -2.25. The number of alkyl carbamates (subject to hydrolysis) is 1. The average Bonchev–Trinajstić information content (AvgIpc) is 2.27. The fourth-order valence-corrected chi connectivity index (χ4v) is 1.83. The molecule has 0 spiro atoms. The molecule has 0 saturated carbocycles. The quantitative estimate of drug-likeness (QED) is 0.308. The summed E-state index contributed by atoms with van der Waals surface area (Å²) >= 11 is 2.09. The third-order valence-electron chi connectivity index (χ3n) is 2.04. The number of hydrogen-bond donors (Lipinski definition) is 1. The van der Waals surface area contributed by atoms with Crippen LogP contribution in [0.15, 0.2) is 0 Å². The molecule has 0 aliphatic carbocycles. The molecular weight excluding hydrogens is 349 g/mol. The van der Waals surface area contributed by atoms with Gasteiger partial charge >= 0.3 is 12.1 Å². The molecule has 0 bridgehead atoms. The van der Waals surface area contributed by atoms with Crippen molar-refractivity contribution in [1.82, 2.24) is 5.32 Å². The van der Waals surface area contributed by atoms with E-state index in [9.17, 15) is 9.59 Å². The molecule has 0 aromatic heterocycles. The van der Waals surface area contributed by atoms with E-state index in [2.05, 4.69) is 27.9 Å². The van der Waals surface area contributed by atoms with Crippen molar-refractivity contribution < 1.29 is 19.1 Å². The summed E-state index contributed by atoms with van der Waals surface area (Å²) in [5, 5.41) is 2.64. The summed E-state index contributed by atoms with van der Waals surface area (Å²) < 4.78 is 9.71. The normalized spacial score (nSPS) is 12.1. The van der Waals surface area contributed by atoms with Crippen molar-refractivity contribution in [2.24, 2.45) is 0 Å². The monoisotopic (exact) mass is 371 g/mol. The zero-order chi connectivity index (χ0) is 14.0. The van der Waals surface area contributed by atoms with Crippen LogP contribution in [0.5, 0.6) is 0 Å². The molecule has 1 amide bonds. The minimum absolute atomic E-state index is 0.0692. The summed E-state index contributed by atoms with van der Waals surface area (Å²) in [6.07, 6.45) is 2.00. The lowest BCUT2D eigenvalue weighted by atomic mass is 10.2. The van der Waals surface area contributed by atoms with Gasteiger partial charge in [-0.1, -0.05) is 29.0 Å². The SMILES string of the molecule is CCOC(=O)NCCCC[C@H](I)C(=O)OC(C)C. The van der Waals surface area contributed by atoms with Gasteiger partial charge in [0.25, 0.3) is 0 Å². The van der Waals surface area contributed by atoms with E-state index >= 15 is 0 Å². The average molecular weight is 371 g/mol. The maximum absolute atomic E-state index is 11.5. The topological polar surface area (TPSA) is 64.6 Å². The molecule has 0 aliphatic rings. The Morgan fingerprint density at radius 1 is 1.28 bits per heavy atom. The van der Waals surface area contributed by atoms with Gasteiger partial charge in [0.2, 0.25) is 0 Å². The number of halogens is 1. The van der Waals surface area contributed by atoms with Gasteiger partial charge < -0.3 is 14.8 Å². The number of amides is 1. The van der Waals surface area contributed by atoms with Gasteiger partial charge in [-0.3, -0.25) is 4.79 Å². The van der Waals surface area contributed by atoms with Crippen molar-refractivity contribution in [2.45, 2.75) is 50.1 Å². The number of hydrogen-bond acceptors (Lipinski definition) is 4. The van der Waals surface area contributed by atoms with Crippen LogP contribution in [0.2, 0.25) is 0 Å². The number of nitrogens with one attached hydrogen (secondary N) is 1. The van der Waals surface area contributed by atoms with Crippen molar-refractivity contribution >= 4 is 34.7 Å². The largest absolute Gasteiger partial charge is 0.462 e. The third kappa shape index (κ3) is 9.49. The van der Waals surface area contributed by atoms with E-state index in [0.717, 1.165) is 19.3 Å². The van der Waals surface area contributed by atoms with E-state index in [4.69, 9.17) is 9.47 Å². The first-order valence-corrected chi connectivity index (χ1v) is 7.47. The highest BCUT2D eigenvalue weighted by molar-refractivity contribution is 14.1. The van der Waals surface area contributed by atoms with Gasteiger partial charge in [-0.25, -0.2) is 4.79 Å². The van der Waals surface area contributed by atoms with Crippen molar-refractivity contribution in [3.63, 3.8) is 0 Å². The summed E-state index contributed by atoms with van der Waals surface area (Å²) in [4.78, 5) is 22.5. The predicted octanol–water partition coefficient (Wildman–Crippen LogP) is 2.66. The molecule has 0 fully saturated rings. The highest BCUT2D eigenvalue weighted by Crippen LogP contribution is 2.13. The predicted molar refractivity (Wildman–Crippen MR) is 77.9 cm³/mol. The van der Waals surface area contributed by atoms with Crippen molar-refractivity contribution in [3.05, 3.63) is 0 Å². The molecule has 18 heavy (non-hydrogen) atoms. The highest BCUT2D eigenvalue weighted by atomic mass is 127. The number of rotatable bonds is 8. The molecule has 0 unspecified atom stereocenters. The van der Waals surface area contributed by atoms with Gasteiger partial charge in [-0.15, -0.1) is 0 Å². The smallest absolute Gasteiger partial charge is 0.407 e. The van der Waals surface area contributed by atoms with E-state index in [1.54, 1.807) is 6.92 Å². The van der Waals surface area contributed by atoms with Gasteiger partial charge in [-0.2, -0.15) is 0 Å². The summed E-state index contributed by atoms with van der Waals surface area (Å²) in [5.74, 6) is -0.163. The van der Waals surface area contributed by atoms with Crippen LogP contribution in [0, 0.1) is 0 Å². The molecule has 1 N–H and O–H groups in total. The molecule has 0 aromatic rings. The molecule has 0 saturated heterocycles. The van der Waals surface area contributed by atoms with Crippen LogP contribution in [0.3, 0.4) is 0 Å². The fraction of sp³-hybridized carbons (Fsp3) is 0.833. The Hall–Kier alpha value is -0.530. The van der Waals surface area contributed by atoms with E-state index in [0.29, 0.717) is 13.2 Å². The molecule has 5 nitrogen and oxygen atoms in total. The lowest BCUT2D eigenvalue weighted by molar-refractivity contribution is -0.146. The van der Waals surface area contributed by atoms with Gasteiger partial charge in [0, 0.05) is 6.54 Å². The van der Waals surface area contributed by atoms with Crippen LogP contribution in [0.1, 0.15) is 40.0 Å². The summed E-state index contributed by atoms with van der Waals surface area (Å²) in [6.45, 7) is 6.39. The molecule has 106 valence electrons. The molecule has 0 aliphatic heterocycles. The third-order valence-corrected chi connectivity index (χ3v) is 3.17. The first-order chi connectivity index (χ1) is 8.47. The van der Waals surface area contributed by atoms with Crippen LogP contribution in [-0.2, 0) is 14.3 Å². The van der Waals surface area contributed by atoms with Crippen LogP contribution in [0.25, 0.3) is 0 Å². The molecular formula is C12H22INO4. The van der Waals surface area contributed by atoms with E-state index in [1.807, 2.05) is 13.8 Å². The maximum atomic E-state index is 11.5. The Labute approximate surface area is 122 Å². The van der Waals surface area contributed by atoms with Crippen LogP contribution in [0.4, 0.5) is 4.79 Å². The number of ether oxygens (including phenoxy) is 2. The van der Waals surface area contributed by atoms with Gasteiger partial charge in [0.1, 0.15) is 3.92 Å². The van der Waals surface area contributed by atoms with Crippen LogP contribution in [-0.4, -0.2) is 35.2 Å². The summed E-state index contributed by atoms with van der Waals surface area (Å²) in [6, 6.07) is 0.